The maximum atomic E-state index is 5.77. The third-order valence-electron chi connectivity index (χ3n) is 5.90. The number of benzene rings is 4. The third kappa shape index (κ3) is 5.63. The second-order valence-electron chi connectivity index (χ2n) is 8.12. The van der Waals surface area contributed by atoms with Gasteiger partial charge in [0.05, 0.1) is 14.2 Å². The fourth-order valence-corrected chi connectivity index (χ4v) is 6.54. The summed E-state index contributed by atoms with van der Waals surface area (Å²) < 4.78 is 11.5. The first-order valence-electron chi connectivity index (χ1n) is 11.4. The lowest BCUT2D eigenvalue weighted by atomic mass is 10.0. The predicted octanol–water partition coefficient (Wildman–Crippen LogP) is 9.24. The molecule has 0 unspecified atom stereocenters. The highest BCUT2D eigenvalue weighted by Crippen LogP contribution is 2.49. The molecule has 0 saturated heterocycles. The summed E-state index contributed by atoms with van der Waals surface area (Å²) >= 11 is 0. The summed E-state index contributed by atoms with van der Waals surface area (Å²) in [5.74, 6) is 1.86. The molecule has 0 amide bonds. The summed E-state index contributed by atoms with van der Waals surface area (Å²) in [6.07, 6.45) is 0. The second kappa shape index (κ2) is 11.5. The molecule has 0 aliphatic heterocycles. The van der Waals surface area contributed by atoms with Crippen LogP contribution < -0.4 is 9.47 Å². The molecule has 4 heteroatoms. The first-order chi connectivity index (χ1) is 16.6. The molecule has 2 nitrogen and oxygen atoms in total. The van der Waals surface area contributed by atoms with Gasteiger partial charge in [-0.2, -0.15) is 0 Å². The molecule has 174 valence electrons. The molecule has 4 aromatic carbocycles. The van der Waals surface area contributed by atoms with Gasteiger partial charge in [0.15, 0.2) is 0 Å². The Morgan fingerprint density at radius 2 is 0.882 bits per heavy atom. The zero-order valence-corrected chi connectivity index (χ0v) is 21.7. The van der Waals surface area contributed by atoms with Gasteiger partial charge in [-0.1, -0.05) is 107 Å². The number of hydrogen-bond acceptors (Lipinski definition) is 4. The first kappa shape index (κ1) is 24.3. The average Bonchev–Trinajstić information content (AvgIpc) is 2.91. The smallest absolute Gasteiger partial charge is 0.123 e. The topological polar surface area (TPSA) is 18.5 Å². The average molecular weight is 487 g/mol. The molecule has 0 saturated carbocycles. The molecule has 0 bridgehead atoms. The molecule has 0 aliphatic rings. The van der Waals surface area contributed by atoms with E-state index in [1.54, 1.807) is 14.2 Å². The minimum Gasteiger partial charge on any atom is -0.496 e. The molecule has 0 fully saturated rings. The van der Waals surface area contributed by atoms with Crippen LogP contribution in [0.2, 0.25) is 0 Å². The van der Waals surface area contributed by atoms with Crippen LogP contribution in [0.5, 0.6) is 11.5 Å². The van der Waals surface area contributed by atoms with E-state index in [9.17, 15) is 0 Å². The molecule has 34 heavy (non-hydrogen) atoms. The van der Waals surface area contributed by atoms with Gasteiger partial charge in [-0.25, -0.2) is 0 Å². The Kier molecular flexibility index (Phi) is 8.25. The van der Waals surface area contributed by atoms with Crippen LogP contribution in [0.3, 0.4) is 0 Å². The Bertz CT molecular complexity index is 1110. The molecule has 4 aromatic rings. The van der Waals surface area contributed by atoms with Crippen molar-refractivity contribution in [2.45, 2.75) is 24.3 Å². The van der Waals surface area contributed by atoms with Crippen LogP contribution in [-0.4, -0.2) is 14.2 Å². The van der Waals surface area contributed by atoms with E-state index in [2.05, 4.69) is 98.8 Å². The monoisotopic (exact) mass is 486 g/mol. The highest BCUT2D eigenvalue weighted by atomic mass is 33.1. The van der Waals surface area contributed by atoms with Crippen molar-refractivity contribution in [3.05, 3.63) is 108 Å². The maximum absolute atomic E-state index is 5.77. The van der Waals surface area contributed by atoms with Gasteiger partial charge in [-0.3, -0.25) is 0 Å². The maximum Gasteiger partial charge on any atom is 0.123 e. The quantitative estimate of drug-likeness (QED) is 0.219. The van der Waals surface area contributed by atoms with Crippen molar-refractivity contribution in [1.82, 2.24) is 0 Å². The number of rotatable bonds is 9. The van der Waals surface area contributed by atoms with E-state index in [1.165, 1.54) is 33.4 Å². The van der Waals surface area contributed by atoms with Gasteiger partial charge in [0.2, 0.25) is 0 Å². The standard InChI is InChI=1S/C30H30O2S2/c1-21(27-17-15-25(19-29(27)31-3)23-11-7-5-8-12-23)33-34-22(2)28-18-16-26(20-30(28)32-4)24-13-9-6-10-14-24/h5-22H,1-4H3/t21-,22-/m1/s1. The van der Waals surface area contributed by atoms with E-state index in [-0.39, 0.29) is 10.5 Å². The Labute approximate surface area is 211 Å². The van der Waals surface area contributed by atoms with E-state index >= 15 is 0 Å². The Hall–Kier alpha value is -2.82. The fourth-order valence-electron chi connectivity index (χ4n) is 3.98. The van der Waals surface area contributed by atoms with Crippen LogP contribution in [-0.2, 0) is 0 Å². The van der Waals surface area contributed by atoms with E-state index in [0.29, 0.717) is 0 Å². The zero-order valence-electron chi connectivity index (χ0n) is 20.0. The van der Waals surface area contributed by atoms with Crippen LogP contribution in [0.4, 0.5) is 0 Å². The number of methoxy groups -OCH3 is 2. The number of ether oxygens (including phenoxy) is 2. The minimum atomic E-state index is 0.279. The van der Waals surface area contributed by atoms with Crippen molar-refractivity contribution < 1.29 is 9.47 Å². The fraction of sp³-hybridized carbons (Fsp3) is 0.200. The van der Waals surface area contributed by atoms with Crippen molar-refractivity contribution in [3.8, 4) is 33.8 Å². The van der Waals surface area contributed by atoms with Gasteiger partial charge in [-0.15, -0.1) is 0 Å². The summed E-state index contributed by atoms with van der Waals surface area (Å²) in [4.78, 5) is 0. The van der Waals surface area contributed by atoms with E-state index in [0.717, 1.165) is 11.5 Å². The van der Waals surface area contributed by atoms with Gasteiger partial charge in [0.25, 0.3) is 0 Å². The lowest BCUT2D eigenvalue weighted by Gasteiger charge is -2.20. The van der Waals surface area contributed by atoms with E-state index < -0.39 is 0 Å². The third-order valence-corrected chi connectivity index (χ3v) is 9.16. The van der Waals surface area contributed by atoms with Crippen LogP contribution in [0.25, 0.3) is 22.3 Å². The normalized spacial score (nSPS) is 12.7. The SMILES string of the molecule is COc1cc(-c2ccccc2)ccc1[C@@H](C)SS[C@H](C)c1ccc(-c2ccccc2)cc1OC. The van der Waals surface area contributed by atoms with Crippen LogP contribution in [0.15, 0.2) is 97.1 Å². The lowest BCUT2D eigenvalue weighted by Crippen LogP contribution is -1.97. The summed E-state index contributed by atoms with van der Waals surface area (Å²) in [7, 11) is 7.23. The lowest BCUT2D eigenvalue weighted by molar-refractivity contribution is 0.410. The molecule has 0 spiro atoms. The van der Waals surface area contributed by atoms with Crippen molar-refractivity contribution >= 4 is 21.6 Å². The molecule has 0 aliphatic carbocycles. The molecule has 0 radical (unpaired) electrons. The van der Waals surface area contributed by atoms with Crippen LogP contribution >= 0.6 is 21.6 Å². The number of hydrogen-bond donors (Lipinski definition) is 0. The van der Waals surface area contributed by atoms with Crippen molar-refractivity contribution in [1.29, 1.82) is 0 Å². The molecule has 4 rings (SSSR count). The first-order valence-corrected chi connectivity index (χ1v) is 13.7. The Morgan fingerprint density at radius 3 is 1.24 bits per heavy atom. The highest BCUT2D eigenvalue weighted by Gasteiger charge is 2.18. The molecule has 0 N–H and O–H groups in total. The van der Waals surface area contributed by atoms with Gasteiger partial charge in [0.1, 0.15) is 11.5 Å². The van der Waals surface area contributed by atoms with Crippen molar-refractivity contribution in [3.63, 3.8) is 0 Å². The van der Waals surface area contributed by atoms with Crippen LogP contribution in [0, 0.1) is 0 Å². The Morgan fingerprint density at radius 1 is 0.500 bits per heavy atom. The van der Waals surface area contributed by atoms with Crippen molar-refractivity contribution in [2.24, 2.45) is 0 Å². The largest absolute Gasteiger partial charge is 0.496 e. The zero-order chi connectivity index (χ0) is 23.9. The minimum absolute atomic E-state index is 0.279. The van der Waals surface area contributed by atoms with Crippen LogP contribution in [0.1, 0.15) is 35.5 Å². The molecule has 2 atom stereocenters. The molecular weight excluding hydrogens is 456 g/mol. The van der Waals surface area contributed by atoms with Gasteiger partial charge >= 0.3 is 0 Å². The summed E-state index contributed by atoms with van der Waals surface area (Å²) in [5, 5.41) is 0.559. The van der Waals surface area contributed by atoms with Gasteiger partial charge in [-0.05, 0) is 48.2 Å². The molecule has 0 aromatic heterocycles. The summed E-state index contributed by atoms with van der Waals surface area (Å²) in [6.45, 7) is 4.47. The van der Waals surface area contributed by atoms with E-state index in [4.69, 9.17) is 9.47 Å². The molecular formula is C30H30O2S2. The summed E-state index contributed by atoms with van der Waals surface area (Å²) in [6, 6.07) is 33.9. The van der Waals surface area contributed by atoms with Gasteiger partial charge in [0, 0.05) is 21.6 Å². The van der Waals surface area contributed by atoms with E-state index in [1.807, 2.05) is 33.7 Å². The van der Waals surface area contributed by atoms with Crippen molar-refractivity contribution in [2.75, 3.05) is 14.2 Å². The predicted molar refractivity (Wildman–Crippen MR) is 149 cm³/mol. The highest BCUT2D eigenvalue weighted by molar-refractivity contribution is 8.76. The second-order valence-corrected chi connectivity index (χ2v) is 11.1. The molecule has 0 heterocycles. The Balaban J connectivity index is 1.47. The summed E-state index contributed by atoms with van der Waals surface area (Å²) in [5.41, 5.74) is 7.14. The van der Waals surface area contributed by atoms with Gasteiger partial charge < -0.3 is 9.47 Å².